The van der Waals surface area contributed by atoms with Gasteiger partial charge in [0.1, 0.15) is 11.5 Å². The van der Waals surface area contributed by atoms with E-state index in [1.165, 1.54) is 31.2 Å². The third-order valence-electron chi connectivity index (χ3n) is 4.81. The molecule has 1 aliphatic heterocycles. The van der Waals surface area contributed by atoms with Crippen LogP contribution in [0, 0.1) is 15.9 Å². The van der Waals surface area contributed by atoms with E-state index in [4.69, 9.17) is 0 Å². The maximum atomic E-state index is 13.8. The Morgan fingerprint density at radius 1 is 1.07 bits per heavy atom. The molecular weight excluding hydrogens is 393 g/mol. The highest BCUT2D eigenvalue weighted by molar-refractivity contribution is 6.05. The Labute approximate surface area is 172 Å². The van der Waals surface area contributed by atoms with Crippen LogP contribution >= 0.6 is 0 Å². The van der Waals surface area contributed by atoms with Crippen LogP contribution in [0.4, 0.5) is 27.1 Å². The molecule has 2 aromatic carbocycles. The molecule has 0 saturated carbocycles. The summed E-state index contributed by atoms with van der Waals surface area (Å²) in [5, 5.41) is 16.5. The minimum Gasteiger partial charge on any atom is -0.363 e. The van der Waals surface area contributed by atoms with Gasteiger partial charge in [0.05, 0.1) is 10.6 Å². The Morgan fingerprint density at radius 2 is 1.77 bits per heavy atom. The van der Waals surface area contributed by atoms with E-state index in [0.717, 1.165) is 19.2 Å². The number of benzene rings is 2. The van der Waals surface area contributed by atoms with Crippen LogP contribution in [0.25, 0.3) is 0 Å². The number of nitrogens with zero attached hydrogens (tertiary/aromatic N) is 3. The van der Waals surface area contributed by atoms with Crippen molar-refractivity contribution in [3.63, 3.8) is 0 Å². The molecule has 2 aromatic rings. The minimum absolute atomic E-state index is 0.0725. The number of nitrogens with one attached hydrogen (secondary N) is 2. The van der Waals surface area contributed by atoms with Gasteiger partial charge >= 0.3 is 0 Å². The Morgan fingerprint density at radius 3 is 2.40 bits per heavy atom. The van der Waals surface area contributed by atoms with Gasteiger partial charge in [-0.2, -0.15) is 0 Å². The van der Waals surface area contributed by atoms with Crippen molar-refractivity contribution in [1.82, 2.24) is 4.90 Å². The summed E-state index contributed by atoms with van der Waals surface area (Å²) in [5.41, 5.74) is 0.599. The van der Waals surface area contributed by atoms with Gasteiger partial charge in [-0.05, 0) is 37.4 Å². The van der Waals surface area contributed by atoms with Gasteiger partial charge < -0.3 is 20.4 Å². The molecule has 1 saturated heterocycles. The van der Waals surface area contributed by atoms with Gasteiger partial charge in [0.15, 0.2) is 0 Å². The lowest BCUT2D eigenvalue weighted by molar-refractivity contribution is -0.384. The van der Waals surface area contributed by atoms with Crippen molar-refractivity contribution in [3.8, 4) is 0 Å². The zero-order chi connectivity index (χ0) is 21.8. The number of likely N-dealkylation sites (N-methyl/N-ethyl adjacent to an activating group) is 1. The molecule has 1 aliphatic rings. The molecule has 0 aromatic heterocycles. The van der Waals surface area contributed by atoms with Crippen LogP contribution in [0.3, 0.4) is 0 Å². The van der Waals surface area contributed by atoms with Crippen molar-refractivity contribution in [1.29, 1.82) is 0 Å². The van der Waals surface area contributed by atoms with Gasteiger partial charge in [-0.15, -0.1) is 0 Å². The molecule has 10 heteroatoms. The Kier molecular flexibility index (Phi) is 6.26. The van der Waals surface area contributed by atoms with Crippen molar-refractivity contribution < 1.29 is 18.9 Å². The first-order valence-electron chi connectivity index (χ1n) is 9.35. The van der Waals surface area contributed by atoms with Crippen LogP contribution in [0.1, 0.15) is 17.3 Å². The molecule has 30 heavy (non-hydrogen) atoms. The molecule has 0 spiro atoms. The lowest BCUT2D eigenvalue weighted by atomic mass is 10.1. The molecule has 0 bridgehead atoms. The largest absolute Gasteiger partial charge is 0.363 e. The van der Waals surface area contributed by atoms with Crippen molar-refractivity contribution in [2.45, 2.75) is 6.92 Å². The van der Waals surface area contributed by atoms with Gasteiger partial charge in [-0.1, -0.05) is 0 Å². The van der Waals surface area contributed by atoms with Gasteiger partial charge in [0.25, 0.3) is 11.6 Å². The summed E-state index contributed by atoms with van der Waals surface area (Å²) >= 11 is 0. The van der Waals surface area contributed by atoms with Crippen LogP contribution in [0.2, 0.25) is 0 Å². The van der Waals surface area contributed by atoms with E-state index >= 15 is 0 Å². The number of hydrogen-bond donors (Lipinski definition) is 2. The molecule has 2 amide bonds. The van der Waals surface area contributed by atoms with Crippen LogP contribution in [0.15, 0.2) is 36.4 Å². The van der Waals surface area contributed by atoms with E-state index < -0.39 is 22.6 Å². The fourth-order valence-corrected chi connectivity index (χ4v) is 3.22. The van der Waals surface area contributed by atoms with Crippen LogP contribution in [-0.2, 0) is 4.79 Å². The zero-order valence-corrected chi connectivity index (χ0v) is 16.6. The fraction of sp³-hybridized carbons (Fsp3) is 0.300. The Hall–Kier alpha value is -3.53. The minimum atomic E-state index is -0.643. The van der Waals surface area contributed by atoms with Gasteiger partial charge in [0, 0.05) is 50.4 Å². The predicted octanol–water partition coefficient (Wildman–Crippen LogP) is 2.70. The molecular formula is C20H22FN5O4. The number of rotatable bonds is 5. The molecule has 1 heterocycles. The summed E-state index contributed by atoms with van der Waals surface area (Å²) in [7, 11) is 1.99. The van der Waals surface area contributed by atoms with Crippen molar-refractivity contribution >= 4 is 34.6 Å². The molecule has 0 atom stereocenters. The summed E-state index contributed by atoms with van der Waals surface area (Å²) in [6.45, 7) is 4.14. The Bertz CT molecular complexity index is 989. The maximum Gasteiger partial charge on any atom is 0.293 e. The summed E-state index contributed by atoms with van der Waals surface area (Å²) < 4.78 is 13.8. The number of anilines is 3. The van der Waals surface area contributed by atoms with Crippen LogP contribution in [0.5, 0.6) is 0 Å². The van der Waals surface area contributed by atoms with Crippen LogP contribution in [-0.4, -0.2) is 54.9 Å². The van der Waals surface area contributed by atoms with E-state index in [1.807, 2.05) is 11.9 Å². The lowest BCUT2D eigenvalue weighted by Gasteiger charge is -2.33. The molecule has 2 N–H and O–H groups in total. The highest BCUT2D eigenvalue weighted by atomic mass is 19.1. The second-order valence-corrected chi connectivity index (χ2v) is 7.08. The molecule has 3 rings (SSSR count). The monoisotopic (exact) mass is 415 g/mol. The average molecular weight is 415 g/mol. The van der Waals surface area contributed by atoms with E-state index in [2.05, 4.69) is 15.5 Å². The number of nitro groups is 1. The summed E-state index contributed by atoms with van der Waals surface area (Å²) in [6, 6.07) is 8.06. The topological polar surface area (TPSA) is 108 Å². The van der Waals surface area contributed by atoms with E-state index in [-0.39, 0.29) is 22.6 Å². The molecule has 0 radical (unpaired) electrons. The number of piperazine rings is 1. The number of halogens is 1. The quantitative estimate of drug-likeness (QED) is 0.574. The predicted molar refractivity (Wildman–Crippen MR) is 111 cm³/mol. The first-order valence-corrected chi connectivity index (χ1v) is 9.35. The third kappa shape index (κ3) is 4.90. The molecule has 0 aliphatic carbocycles. The third-order valence-corrected chi connectivity index (χ3v) is 4.81. The number of nitro benzene ring substituents is 1. The zero-order valence-electron chi connectivity index (χ0n) is 16.6. The maximum absolute atomic E-state index is 13.8. The average Bonchev–Trinajstić information content (AvgIpc) is 2.70. The summed E-state index contributed by atoms with van der Waals surface area (Å²) in [5.74, 6) is -1.67. The van der Waals surface area contributed by atoms with E-state index in [1.54, 1.807) is 6.07 Å². The highest BCUT2D eigenvalue weighted by Gasteiger charge is 2.24. The van der Waals surface area contributed by atoms with E-state index in [9.17, 15) is 24.1 Å². The number of amides is 2. The van der Waals surface area contributed by atoms with Gasteiger partial charge in [0.2, 0.25) is 5.91 Å². The molecule has 1 fully saturated rings. The number of hydrogen-bond acceptors (Lipinski definition) is 6. The molecule has 158 valence electrons. The van der Waals surface area contributed by atoms with Crippen LogP contribution < -0.4 is 15.5 Å². The summed E-state index contributed by atoms with van der Waals surface area (Å²) in [4.78, 5) is 38.9. The normalized spacial score (nSPS) is 14.3. The number of carbonyl (C=O) groups excluding carboxylic acids is 2. The SMILES string of the molecule is CC(=O)Nc1cc(NC(=O)c2ccc(N3CCN(C)CC3)c([N+](=O)[O-])c2)ccc1F. The first kappa shape index (κ1) is 21.2. The van der Waals surface area contributed by atoms with Gasteiger partial charge in [-0.3, -0.25) is 19.7 Å². The lowest BCUT2D eigenvalue weighted by Crippen LogP contribution is -2.44. The number of carbonyl (C=O) groups is 2. The smallest absolute Gasteiger partial charge is 0.293 e. The fourth-order valence-electron chi connectivity index (χ4n) is 3.22. The van der Waals surface area contributed by atoms with Gasteiger partial charge in [-0.25, -0.2) is 4.39 Å². The second kappa shape index (κ2) is 8.87. The molecule has 9 nitrogen and oxygen atoms in total. The molecule has 0 unspecified atom stereocenters. The Balaban J connectivity index is 1.82. The standard InChI is InChI=1S/C20H22FN5O4/c1-13(27)22-17-12-15(4-5-16(17)21)23-20(28)14-3-6-18(19(11-14)26(29)30)25-9-7-24(2)8-10-25/h3-6,11-12H,7-10H2,1-2H3,(H,22,27)(H,23,28). The summed E-state index contributed by atoms with van der Waals surface area (Å²) in [6.07, 6.45) is 0. The first-order chi connectivity index (χ1) is 14.2. The van der Waals surface area contributed by atoms with Crippen molar-refractivity contribution in [2.24, 2.45) is 0 Å². The highest BCUT2D eigenvalue weighted by Crippen LogP contribution is 2.30. The van der Waals surface area contributed by atoms with E-state index in [0.29, 0.717) is 18.8 Å². The second-order valence-electron chi connectivity index (χ2n) is 7.08. The van der Waals surface area contributed by atoms with Crippen molar-refractivity contribution in [2.75, 3.05) is 48.8 Å². The van der Waals surface area contributed by atoms with Crippen molar-refractivity contribution in [3.05, 3.63) is 57.9 Å².